The van der Waals surface area contributed by atoms with E-state index >= 15 is 0 Å². The molecule has 6 heteroatoms. The Morgan fingerprint density at radius 2 is 2.11 bits per heavy atom. The Bertz CT molecular complexity index is 481. The van der Waals surface area contributed by atoms with Crippen LogP contribution in [0.1, 0.15) is 17.3 Å². The molecule has 3 nitrogen and oxygen atoms in total. The summed E-state index contributed by atoms with van der Waals surface area (Å²) in [6.07, 6.45) is 0. The Morgan fingerprint density at radius 1 is 1.44 bits per heavy atom. The largest absolute Gasteiger partial charge is 0.333 e. The van der Waals surface area contributed by atoms with Gasteiger partial charge in [0.05, 0.1) is 10.6 Å². The molecule has 1 saturated heterocycles. The third-order valence-electron chi connectivity index (χ3n) is 3.00. The molecule has 1 amide bonds. The van der Waals surface area contributed by atoms with Gasteiger partial charge in [-0.1, -0.05) is 11.6 Å². The van der Waals surface area contributed by atoms with Gasteiger partial charge in [0.1, 0.15) is 0 Å². The lowest BCUT2D eigenvalue weighted by Gasteiger charge is -2.34. The van der Waals surface area contributed by atoms with Crippen LogP contribution in [0.15, 0.2) is 12.1 Å². The molecular formula is C12H13ClF2N2O. The minimum Gasteiger partial charge on any atom is -0.333 e. The minimum absolute atomic E-state index is 0.00400. The van der Waals surface area contributed by atoms with Gasteiger partial charge in [0, 0.05) is 25.7 Å². The highest BCUT2D eigenvalue weighted by atomic mass is 35.5. The van der Waals surface area contributed by atoms with Crippen molar-refractivity contribution in [3.63, 3.8) is 0 Å². The average molecular weight is 275 g/mol. The molecule has 98 valence electrons. The number of carbonyl (C=O) groups is 1. The average Bonchev–Trinajstić information content (AvgIpc) is 2.33. The molecule has 1 atom stereocenters. The van der Waals surface area contributed by atoms with Crippen LogP contribution in [0.5, 0.6) is 0 Å². The molecular weight excluding hydrogens is 262 g/mol. The molecule has 0 saturated carbocycles. The van der Waals surface area contributed by atoms with Crippen LogP contribution in [0.25, 0.3) is 0 Å². The van der Waals surface area contributed by atoms with Gasteiger partial charge in [-0.25, -0.2) is 8.78 Å². The molecule has 0 aromatic heterocycles. The highest BCUT2D eigenvalue weighted by Crippen LogP contribution is 2.22. The van der Waals surface area contributed by atoms with Gasteiger partial charge >= 0.3 is 0 Å². The molecule has 1 aliphatic heterocycles. The molecule has 2 rings (SSSR count). The lowest BCUT2D eigenvalue weighted by Crippen LogP contribution is -2.52. The monoisotopic (exact) mass is 274 g/mol. The molecule has 1 fully saturated rings. The Morgan fingerprint density at radius 3 is 2.78 bits per heavy atom. The topological polar surface area (TPSA) is 32.3 Å². The van der Waals surface area contributed by atoms with E-state index in [2.05, 4.69) is 5.32 Å². The minimum atomic E-state index is -1.06. The zero-order valence-corrected chi connectivity index (χ0v) is 10.6. The number of halogens is 3. The summed E-state index contributed by atoms with van der Waals surface area (Å²) in [5.74, 6) is -2.48. The number of rotatable bonds is 1. The van der Waals surface area contributed by atoms with Gasteiger partial charge in [-0.3, -0.25) is 4.79 Å². The van der Waals surface area contributed by atoms with Crippen LogP contribution in [0.3, 0.4) is 0 Å². The van der Waals surface area contributed by atoms with Crippen LogP contribution in [0, 0.1) is 11.6 Å². The van der Waals surface area contributed by atoms with E-state index in [1.54, 1.807) is 4.90 Å². The number of benzene rings is 1. The van der Waals surface area contributed by atoms with Crippen molar-refractivity contribution in [2.45, 2.75) is 13.0 Å². The van der Waals surface area contributed by atoms with E-state index in [0.29, 0.717) is 19.6 Å². The first-order chi connectivity index (χ1) is 8.50. The number of amides is 1. The van der Waals surface area contributed by atoms with Crippen molar-refractivity contribution in [2.24, 2.45) is 0 Å². The summed E-state index contributed by atoms with van der Waals surface area (Å²) in [6.45, 7) is 3.76. The highest BCUT2D eigenvalue weighted by Gasteiger charge is 2.26. The number of carbonyl (C=O) groups excluding carboxylic acids is 1. The third kappa shape index (κ3) is 2.47. The SMILES string of the molecule is C[C@H]1CNCCN1C(=O)c1cc(F)c(F)cc1Cl. The summed E-state index contributed by atoms with van der Waals surface area (Å²) in [6, 6.07) is 1.68. The van der Waals surface area contributed by atoms with Crippen LogP contribution in [-0.2, 0) is 0 Å². The zero-order valence-electron chi connectivity index (χ0n) is 9.84. The Hall–Kier alpha value is -1.20. The maximum absolute atomic E-state index is 13.2. The van der Waals surface area contributed by atoms with Crippen molar-refractivity contribution in [1.29, 1.82) is 0 Å². The Balaban J connectivity index is 2.30. The lowest BCUT2D eigenvalue weighted by molar-refractivity contribution is 0.0655. The maximum atomic E-state index is 13.2. The Labute approximate surface area is 109 Å². The van der Waals surface area contributed by atoms with Crippen LogP contribution in [0.2, 0.25) is 5.02 Å². The van der Waals surface area contributed by atoms with Gasteiger partial charge in [-0.2, -0.15) is 0 Å². The van der Waals surface area contributed by atoms with Crippen molar-refractivity contribution in [3.05, 3.63) is 34.4 Å². The molecule has 0 bridgehead atoms. The van der Waals surface area contributed by atoms with Crippen LogP contribution in [-0.4, -0.2) is 36.5 Å². The zero-order chi connectivity index (χ0) is 13.3. The molecule has 1 aromatic rings. The van der Waals surface area contributed by atoms with E-state index in [1.807, 2.05) is 6.92 Å². The maximum Gasteiger partial charge on any atom is 0.255 e. The van der Waals surface area contributed by atoms with Crippen LogP contribution < -0.4 is 5.32 Å². The quantitative estimate of drug-likeness (QED) is 0.795. The molecule has 1 N–H and O–H groups in total. The predicted molar refractivity (Wildman–Crippen MR) is 64.7 cm³/mol. The van der Waals surface area contributed by atoms with Gasteiger partial charge in [0.2, 0.25) is 0 Å². The summed E-state index contributed by atoms with van der Waals surface area (Å²) in [4.78, 5) is 13.8. The van der Waals surface area contributed by atoms with Gasteiger partial charge < -0.3 is 10.2 Å². The number of hydrogen-bond acceptors (Lipinski definition) is 2. The third-order valence-corrected chi connectivity index (χ3v) is 3.32. The second kappa shape index (κ2) is 5.20. The van der Waals surface area contributed by atoms with Crippen LogP contribution >= 0.6 is 11.6 Å². The molecule has 0 unspecified atom stereocenters. The summed E-state index contributed by atoms with van der Waals surface area (Å²) in [7, 11) is 0. The van der Waals surface area contributed by atoms with E-state index in [1.165, 1.54) is 0 Å². The first kappa shape index (κ1) is 13.2. The predicted octanol–water partition coefficient (Wildman–Crippen LogP) is 2.05. The number of nitrogens with zero attached hydrogens (tertiary/aromatic N) is 1. The van der Waals surface area contributed by atoms with Crippen LogP contribution in [0.4, 0.5) is 8.78 Å². The molecule has 1 aromatic carbocycles. The smallest absolute Gasteiger partial charge is 0.255 e. The number of hydrogen-bond donors (Lipinski definition) is 1. The fraction of sp³-hybridized carbons (Fsp3) is 0.417. The Kier molecular flexibility index (Phi) is 3.82. The standard InChI is InChI=1S/C12H13ClF2N2O/c1-7-6-16-2-3-17(7)12(18)8-4-10(14)11(15)5-9(8)13/h4-5,7,16H,2-3,6H2,1H3/t7-/m0/s1. The summed E-state index contributed by atoms with van der Waals surface area (Å²) in [5, 5.41) is 3.08. The van der Waals surface area contributed by atoms with Crippen molar-refractivity contribution < 1.29 is 13.6 Å². The molecule has 0 aliphatic carbocycles. The lowest BCUT2D eigenvalue weighted by atomic mass is 10.1. The van der Waals surface area contributed by atoms with E-state index in [4.69, 9.17) is 11.6 Å². The van der Waals surface area contributed by atoms with Gasteiger partial charge in [-0.15, -0.1) is 0 Å². The molecule has 0 spiro atoms. The number of nitrogens with one attached hydrogen (secondary N) is 1. The first-order valence-corrected chi connectivity index (χ1v) is 6.04. The summed E-state index contributed by atoms with van der Waals surface area (Å²) in [5.41, 5.74) is 0.00400. The van der Waals surface area contributed by atoms with Gasteiger partial charge in [-0.05, 0) is 19.1 Å². The van der Waals surface area contributed by atoms with E-state index in [-0.39, 0.29) is 22.5 Å². The molecule has 1 heterocycles. The number of piperazine rings is 1. The van der Waals surface area contributed by atoms with Crippen molar-refractivity contribution in [1.82, 2.24) is 10.2 Å². The fourth-order valence-electron chi connectivity index (χ4n) is 1.98. The van der Waals surface area contributed by atoms with Crippen molar-refractivity contribution in [2.75, 3.05) is 19.6 Å². The summed E-state index contributed by atoms with van der Waals surface area (Å²) >= 11 is 5.79. The fourth-order valence-corrected chi connectivity index (χ4v) is 2.22. The van der Waals surface area contributed by atoms with Crippen molar-refractivity contribution in [3.8, 4) is 0 Å². The first-order valence-electron chi connectivity index (χ1n) is 5.67. The molecule has 0 radical (unpaired) electrons. The second-order valence-electron chi connectivity index (χ2n) is 4.30. The molecule has 18 heavy (non-hydrogen) atoms. The second-order valence-corrected chi connectivity index (χ2v) is 4.71. The van der Waals surface area contributed by atoms with Gasteiger partial charge in [0.25, 0.3) is 5.91 Å². The highest BCUT2D eigenvalue weighted by molar-refractivity contribution is 6.33. The van der Waals surface area contributed by atoms with Gasteiger partial charge in [0.15, 0.2) is 11.6 Å². The van der Waals surface area contributed by atoms with E-state index in [9.17, 15) is 13.6 Å². The normalized spacial score (nSPS) is 20.0. The summed E-state index contributed by atoms with van der Waals surface area (Å²) < 4.78 is 26.1. The molecule has 1 aliphatic rings. The van der Waals surface area contributed by atoms with E-state index < -0.39 is 11.6 Å². The van der Waals surface area contributed by atoms with E-state index in [0.717, 1.165) is 12.1 Å². The van der Waals surface area contributed by atoms with Crippen molar-refractivity contribution >= 4 is 17.5 Å².